The topological polar surface area (TPSA) is 76.4 Å². The van der Waals surface area contributed by atoms with E-state index in [0.29, 0.717) is 24.5 Å². The minimum atomic E-state index is -0.292. The summed E-state index contributed by atoms with van der Waals surface area (Å²) in [5.41, 5.74) is 1.09. The smallest absolute Gasteiger partial charge is 0.242 e. The van der Waals surface area contributed by atoms with E-state index in [9.17, 15) is 4.79 Å². The zero-order valence-electron chi connectivity index (χ0n) is 13.1. The lowest BCUT2D eigenvalue weighted by Gasteiger charge is -2.16. The molecule has 0 aliphatic rings. The van der Waals surface area contributed by atoms with Crippen LogP contribution in [0.3, 0.4) is 0 Å². The van der Waals surface area contributed by atoms with Crippen LogP contribution in [0.15, 0.2) is 34.9 Å². The van der Waals surface area contributed by atoms with Gasteiger partial charge in [0, 0.05) is 12.6 Å². The Hall–Kier alpha value is -2.34. The Kier molecular flexibility index (Phi) is 5.55. The Morgan fingerprint density at radius 1 is 1.36 bits per heavy atom. The molecule has 6 nitrogen and oxygen atoms in total. The average Bonchev–Trinajstić information content (AvgIpc) is 2.93. The van der Waals surface area contributed by atoms with E-state index in [4.69, 9.17) is 9.26 Å². The number of nitrogens with zero attached hydrogens (tertiary/aromatic N) is 1. The summed E-state index contributed by atoms with van der Waals surface area (Å²) < 4.78 is 10.1. The highest BCUT2D eigenvalue weighted by Crippen LogP contribution is 2.12. The molecule has 6 heteroatoms. The first-order valence-corrected chi connectivity index (χ1v) is 7.23. The van der Waals surface area contributed by atoms with Crippen molar-refractivity contribution in [2.45, 2.75) is 32.9 Å². The molecule has 0 fully saturated rings. The molecule has 0 bridgehead atoms. The number of hydrogen-bond acceptors (Lipinski definition) is 5. The minimum absolute atomic E-state index is 0.121. The van der Waals surface area contributed by atoms with Crippen LogP contribution in [-0.2, 0) is 11.3 Å². The number of benzene rings is 1. The quantitative estimate of drug-likeness (QED) is 0.822. The van der Waals surface area contributed by atoms with Crippen molar-refractivity contribution in [2.75, 3.05) is 12.4 Å². The maximum atomic E-state index is 12.2. The molecule has 1 heterocycles. The summed E-state index contributed by atoms with van der Waals surface area (Å²) in [5.74, 6) is 1.79. The third-order valence-corrected chi connectivity index (χ3v) is 3.32. The highest BCUT2D eigenvalue weighted by atomic mass is 16.5. The fourth-order valence-electron chi connectivity index (χ4n) is 2.05. The van der Waals surface area contributed by atoms with Crippen LogP contribution in [0, 0.1) is 6.92 Å². The van der Waals surface area contributed by atoms with Crippen LogP contribution >= 0.6 is 0 Å². The summed E-state index contributed by atoms with van der Waals surface area (Å²) in [4.78, 5) is 12.2. The molecule has 0 unspecified atom stereocenters. The van der Waals surface area contributed by atoms with Crippen LogP contribution in [-0.4, -0.2) is 24.2 Å². The molecule has 1 atom stereocenters. The highest BCUT2D eigenvalue weighted by Gasteiger charge is 2.17. The summed E-state index contributed by atoms with van der Waals surface area (Å²) in [6.45, 7) is 4.34. The first kappa shape index (κ1) is 16.0. The number of aromatic nitrogens is 1. The molecule has 2 N–H and O–H groups in total. The van der Waals surface area contributed by atoms with Crippen molar-refractivity contribution in [3.63, 3.8) is 0 Å². The van der Waals surface area contributed by atoms with E-state index >= 15 is 0 Å². The number of carbonyl (C=O) groups excluding carboxylic acids is 1. The lowest BCUT2D eigenvalue weighted by Crippen LogP contribution is -2.39. The van der Waals surface area contributed by atoms with E-state index in [0.717, 1.165) is 11.3 Å². The molecule has 0 saturated carbocycles. The second-order valence-corrected chi connectivity index (χ2v) is 5.00. The van der Waals surface area contributed by atoms with E-state index in [1.165, 1.54) is 0 Å². The molecule has 118 valence electrons. The number of aryl methyl sites for hydroxylation is 1. The van der Waals surface area contributed by atoms with Crippen molar-refractivity contribution in [1.82, 2.24) is 10.5 Å². The van der Waals surface area contributed by atoms with Crippen molar-refractivity contribution >= 4 is 11.7 Å². The molecular weight excluding hydrogens is 282 g/mol. The lowest BCUT2D eigenvalue weighted by molar-refractivity contribution is -0.118. The number of ether oxygens (including phenoxy) is 1. The van der Waals surface area contributed by atoms with E-state index in [-0.39, 0.29) is 11.9 Å². The van der Waals surface area contributed by atoms with E-state index in [1.54, 1.807) is 20.1 Å². The van der Waals surface area contributed by atoms with Gasteiger partial charge in [-0.2, -0.15) is 0 Å². The first-order chi connectivity index (χ1) is 10.6. The number of anilines is 1. The maximum Gasteiger partial charge on any atom is 0.242 e. The summed E-state index contributed by atoms with van der Waals surface area (Å²) in [6, 6.07) is 9.13. The first-order valence-electron chi connectivity index (χ1n) is 7.23. The zero-order valence-corrected chi connectivity index (χ0v) is 13.1. The second kappa shape index (κ2) is 7.61. The van der Waals surface area contributed by atoms with Gasteiger partial charge in [0.2, 0.25) is 5.91 Å². The van der Waals surface area contributed by atoms with Gasteiger partial charge in [0.1, 0.15) is 11.5 Å². The average molecular weight is 303 g/mol. The lowest BCUT2D eigenvalue weighted by atomic mass is 10.1. The van der Waals surface area contributed by atoms with Crippen LogP contribution in [0.1, 0.15) is 24.7 Å². The number of nitrogens with one attached hydrogen (secondary N) is 2. The predicted molar refractivity (Wildman–Crippen MR) is 83.8 cm³/mol. The largest absolute Gasteiger partial charge is 0.497 e. The fourth-order valence-corrected chi connectivity index (χ4v) is 2.05. The van der Waals surface area contributed by atoms with Gasteiger partial charge in [-0.15, -0.1) is 0 Å². The van der Waals surface area contributed by atoms with Gasteiger partial charge in [0.25, 0.3) is 0 Å². The molecule has 0 aliphatic carbocycles. The Bertz CT molecular complexity index is 607. The van der Waals surface area contributed by atoms with E-state index < -0.39 is 0 Å². The third kappa shape index (κ3) is 4.33. The Morgan fingerprint density at radius 2 is 2.09 bits per heavy atom. The summed E-state index contributed by atoms with van der Waals surface area (Å²) >= 11 is 0. The van der Waals surface area contributed by atoms with Crippen LogP contribution < -0.4 is 15.4 Å². The van der Waals surface area contributed by atoms with Gasteiger partial charge >= 0.3 is 0 Å². The zero-order chi connectivity index (χ0) is 15.9. The molecule has 2 aromatic rings. The molecule has 0 spiro atoms. The summed E-state index contributed by atoms with van der Waals surface area (Å²) in [5, 5.41) is 9.74. The highest BCUT2D eigenvalue weighted by molar-refractivity contribution is 5.93. The molecule has 0 radical (unpaired) electrons. The van der Waals surface area contributed by atoms with Gasteiger partial charge in [-0.3, -0.25) is 4.79 Å². The van der Waals surface area contributed by atoms with E-state index in [2.05, 4.69) is 15.8 Å². The number of hydrogen-bond donors (Lipinski definition) is 2. The van der Waals surface area contributed by atoms with Gasteiger partial charge < -0.3 is 19.9 Å². The van der Waals surface area contributed by atoms with Crippen molar-refractivity contribution in [3.8, 4) is 5.75 Å². The van der Waals surface area contributed by atoms with Crippen LogP contribution in [0.25, 0.3) is 0 Å². The molecule has 2 rings (SSSR count). The molecule has 1 aromatic carbocycles. The Morgan fingerprint density at radius 3 is 2.64 bits per heavy atom. The van der Waals surface area contributed by atoms with Gasteiger partial charge in [0.15, 0.2) is 5.82 Å². The van der Waals surface area contributed by atoms with Crippen LogP contribution in [0.4, 0.5) is 5.82 Å². The third-order valence-electron chi connectivity index (χ3n) is 3.32. The SMILES string of the molecule is CC[C@H](NCc1ccc(OC)cc1)C(=O)Nc1cc(C)on1. The Labute approximate surface area is 129 Å². The van der Waals surface area contributed by atoms with Crippen LogP contribution in [0.5, 0.6) is 5.75 Å². The monoisotopic (exact) mass is 303 g/mol. The normalized spacial score (nSPS) is 12.0. The summed E-state index contributed by atoms with van der Waals surface area (Å²) in [6.07, 6.45) is 0.679. The van der Waals surface area contributed by atoms with Gasteiger partial charge in [-0.05, 0) is 31.0 Å². The molecule has 1 aromatic heterocycles. The van der Waals surface area contributed by atoms with Gasteiger partial charge in [-0.1, -0.05) is 24.2 Å². The molecule has 0 aliphatic heterocycles. The van der Waals surface area contributed by atoms with Crippen molar-refractivity contribution < 1.29 is 14.1 Å². The van der Waals surface area contributed by atoms with Crippen LogP contribution in [0.2, 0.25) is 0 Å². The number of carbonyl (C=O) groups is 1. The fraction of sp³-hybridized carbons (Fsp3) is 0.375. The molecular formula is C16H21N3O3. The molecule has 22 heavy (non-hydrogen) atoms. The predicted octanol–water partition coefficient (Wildman–Crippen LogP) is 2.50. The van der Waals surface area contributed by atoms with Gasteiger partial charge in [0.05, 0.1) is 13.2 Å². The number of amides is 1. The van der Waals surface area contributed by atoms with Crippen molar-refractivity contribution in [1.29, 1.82) is 0 Å². The molecule has 1 amide bonds. The Balaban J connectivity index is 1.89. The number of rotatable bonds is 7. The number of methoxy groups -OCH3 is 1. The maximum absolute atomic E-state index is 12.2. The van der Waals surface area contributed by atoms with Gasteiger partial charge in [-0.25, -0.2) is 0 Å². The minimum Gasteiger partial charge on any atom is -0.497 e. The standard InChI is InChI=1S/C16H21N3O3/c1-4-14(16(20)18-15-9-11(2)22-19-15)17-10-12-5-7-13(21-3)8-6-12/h5-9,14,17H,4,10H2,1-3H3,(H,18,19,20)/t14-/m0/s1. The summed E-state index contributed by atoms with van der Waals surface area (Å²) in [7, 11) is 1.64. The van der Waals surface area contributed by atoms with Crippen molar-refractivity contribution in [3.05, 3.63) is 41.7 Å². The van der Waals surface area contributed by atoms with Crippen molar-refractivity contribution in [2.24, 2.45) is 0 Å². The van der Waals surface area contributed by atoms with E-state index in [1.807, 2.05) is 31.2 Å². The molecule has 0 saturated heterocycles. The second-order valence-electron chi connectivity index (χ2n) is 5.00.